The van der Waals surface area contributed by atoms with E-state index in [1.807, 2.05) is 0 Å². The number of hydrogen-bond donors (Lipinski definition) is 1. The van der Waals surface area contributed by atoms with Gasteiger partial charge in [0.2, 0.25) is 0 Å². The van der Waals surface area contributed by atoms with Crippen LogP contribution in [0.3, 0.4) is 0 Å². The molecular formula is C10H12O5. The van der Waals surface area contributed by atoms with Crippen LogP contribution in [0.25, 0.3) is 0 Å². The van der Waals surface area contributed by atoms with Crippen molar-refractivity contribution >= 4 is 17.5 Å². The van der Waals surface area contributed by atoms with Crippen LogP contribution in [-0.4, -0.2) is 34.9 Å². The summed E-state index contributed by atoms with van der Waals surface area (Å²) in [6.07, 6.45) is 0.646. The molecular weight excluding hydrogens is 200 g/mol. The molecule has 1 N–H and O–H groups in total. The largest absolute Gasteiger partial charge is 0.481 e. The Kier molecular flexibility index (Phi) is 2.56. The molecule has 5 heteroatoms. The van der Waals surface area contributed by atoms with E-state index in [4.69, 9.17) is 9.84 Å². The Labute approximate surface area is 86.4 Å². The first-order valence-corrected chi connectivity index (χ1v) is 5.01. The lowest BCUT2D eigenvalue weighted by Crippen LogP contribution is -2.42. The van der Waals surface area contributed by atoms with Crippen LogP contribution in [0.5, 0.6) is 0 Å². The number of aliphatic carboxylic acids is 1. The summed E-state index contributed by atoms with van der Waals surface area (Å²) in [6, 6.07) is 0. The van der Waals surface area contributed by atoms with Crippen LogP contribution in [0.15, 0.2) is 0 Å². The van der Waals surface area contributed by atoms with Gasteiger partial charge in [-0.15, -0.1) is 0 Å². The Morgan fingerprint density at radius 2 is 1.73 bits per heavy atom. The lowest BCUT2D eigenvalue weighted by molar-refractivity contribution is -0.156. The highest BCUT2D eigenvalue weighted by Gasteiger charge is 2.41. The smallest absolute Gasteiger partial charge is 0.307 e. The summed E-state index contributed by atoms with van der Waals surface area (Å²) < 4.78 is 5.26. The van der Waals surface area contributed by atoms with Gasteiger partial charge >= 0.3 is 5.97 Å². The number of carbonyl (C=O) groups excluding carboxylic acids is 2. The molecule has 5 nitrogen and oxygen atoms in total. The molecule has 0 amide bonds. The van der Waals surface area contributed by atoms with Crippen LogP contribution in [0.4, 0.5) is 0 Å². The van der Waals surface area contributed by atoms with E-state index in [0.29, 0.717) is 0 Å². The lowest BCUT2D eigenvalue weighted by Gasteiger charge is -2.23. The van der Waals surface area contributed by atoms with E-state index in [2.05, 4.69) is 0 Å². The molecule has 0 saturated heterocycles. The van der Waals surface area contributed by atoms with Crippen LogP contribution >= 0.6 is 0 Å². The van der Waals surface area contributed by atoms with Crippen molar-refractivity contribution in [1.82, 2.24) is 0 Å². The second-order valence-corrected chi connectivity index (χ2v) is 4.09. The Balaban J connectivity index is 2.00. The highest BCUT2D eigenvalue weighted by atomic mass is 16.5. The van der Waals surface area contributed by atoms with E-state index in [1.54, 1.807) is 0 Å². The first-order valence-electron chi connectivity index (χ1n) is 5.01. The van der Waals surface area contributed by atoms with Crippen molar-refractivity contribution in [1.29, 1.82) is 0 Å². The summed E-state index contributed by atoms with van der Waals surface area (Å²) in [5, 5.41) is 8.71. The van der Waals surface area contributed by atoms with Crippen molar-refractivity contribution in [2.75, 3.05) is 0 Å². The molecule has 0 radical (unpaired) electrons. The van der Waals surface area contributed by atoms with Gasteiger partial charge in [0.1, 0.15) is 0 Å². The first kappa shape index (κ1) is 10.3. The van der Waals surface area contributed by atoms with Gasteiger partial charge in [-0.2, -0.15) is 0 Å². The zero-order valence-electron chi connectivity index (χ0n) is 8.14. The molecule has 0 heterocycles. The van der Waals surface area contributed by atoms with Gasteiger partial charge in [-0.3, -0.25) is 14.4 Å². The standard InChI is InChI=1S/C10H12O5/c11-7-3-5(10(13)14)4-8(12)9(7)15-6-1-2-6/h5-6,9H,1-4H2,(H,13,14). The molecule has 0 aromatic carbocycles. The number of carboxylic acids is 1. The van der Waals surface area contributed by atoms with E-state index in [0.717, 1.165) is 12.8 Å². The minimum Gasteiger partial charge on any atom is -0.481 e. The summed E-state index contributed by atoms with van der Waals surface area (Å²) in [6.45, 7) is 0. The van der Waals surface area contributed by atoms with Crippen molar-refractivity contribution in [3.63, 3.8) is 0 Å². The van der Waals surface area contributed by atoms with Gasteiger partial charge in [-0.1, -0.05) is 0 Å². The number of ketones is 2. The topological polar surface area (TPSA) is 80.7 Å². The maximum Gasteiger partial charge on any atom is 0.307 e. The molecule has 2 saturated carbocycles. The van der Waals surface area contributed by atoms with Crippen LogP contribution in [0.2, 0.25) is 0 Å². The van der Waals surface area contributed by atoms with E-state index in [1.165, 1.54) is 0 Å². The molecule has 2 aliphatic carbocycles. The Bertz CT molecular complexity index is 300. The van der Waals surface area contributed by atoms with Gasteiger partial charge in [0, 0.05) is 12.8 Å². The van der Waals surface area contributed by atoms with E-state index >= 15 is 0 Å². The molecule has 0 spiro atoms. The fourth-order valence-corrected chi connectivity index (χ4v) is 1.67. The monoisotopic (exact) mass is 212 g/mol. The average Bonchev–Trinajstić information content (AvgIpc) is 2.94. The molecule has 0 aromatic rings. The molecule has 2 fully saturated rings. The molecule has 82 valence electrons. The third-order valence-corrected chi connectivity index (χ3v) is 2.68. The highest BCUT2D eigenvalue weighted by Crippen LogP contribution is 2.29. The second-order valence-electron chi connectivity index (χ2n) is 4.09. The van der Waals surface area contributed by atoms with Crippen molar-refractivity contribution in [2.45, 2.75) is 37.9 Å². The number of hydrogen-bond acceptors (Lipinski definition) is 4. The quantitative estimate of drug-likeness (QED) is 0.674. The van der Waals surface area contributed by atoms with Gasteiger partial charge in [0.25, 0.3) is 0 Å². The molecule has 2 aliphatic rings. The van der Waals surface area contributed by atoms with Gasteiger partial charge in [0.05, 0.1) is 12.0 Å². The first-order chi connectivity index (χ1) is 7.08. The fraction of sp³-hybridized carbons (Fsp3) is 0.700. The van der Waals surface area contributed by atoms with Crippen molar-refractivity contribution in [2.24, 2.45) is 5.92 Å². The predicted octanol–water partition coefficient (Wildman–Crippen LogP) is 0.167. The third kappa shape index (κ3) is 2.23. The third-order valence-electron chi connectivity index (χ3n) is 2.68. The average molecular weight is 212 g/mol. The van der Waals surface area contributed by atoms with Gasteiger partial charge in [-0.25, -0.2) is 0 Å². The SMILES string of the molecule is O=C(O)C1CC(=O)C(OC2CC2)C(=O)C1. The maximum absolute atomic E-state index is 11.5. The Morgan fingerprint density at radius 1 is 1.20 bits per heavy atom. The van der Waals surface area contributed by atoms with Gasteiger partial charge in [-0.05, 0) is 12.8 Å². The van der Waals surface area contributed by atoms with Crippen molar-refractivity contribution in [3.05, 3.63) is 0 Å². The molecule has 0 unspecified atom stereocenters. The van der Waals surface area contributed by atoms with Crippen molar-refractivity contribution < 1.29 is 24.2 Å². The zero-order chi connectivity index (χ0) is 11.0. The fourth-order valence-electron chi connectivity index (χ4n) is 1.67. The minimum absolute atomic E-state index is 0.0317. The second kappa shape index (κ2) is 3.73. The highest BCUT2D eigenvalue weighted by molar-refractivity contribution is 6.09. The molecule has 0 aliphatic heterocycles. The predicted molar refractivity (Wildman–Crippen MR) is 48.3 cm³/mol. The van der Waals surface area contributed by atoms with Gasteiger partial charge < -0.3 is 9.84 Å². The summed E-state index contributed by atoms with van der Waals surface area (Å²) in [4.78, 5) is 33.6. The number of rotatable bonds is 3. The summed E-state index contributed by atoms with van der Waals surface area (Å²) in [7, 11) is 0. The van der Waals surface area contributed by atoms with E-state index < -0.39 is 18.0 Å². The van der Waals surface area contributed by atoms with E-state index in [9.17, 15) is 14.4 Å². The molecule has 2 rings (SSSR count). The van der Waals surface area contributed by atoms with Crippen LogP contribution in [0, 0.1) is 5.92 Å². The molecule has 0 atom stereocenters. The molecule has 15 heavy (non-hydrogen) atoms. The van der Waals surface area contributed by atoms with Crippen LogP contribution in [0.1, 0.15) is 25.7 Å². The number of ether oxygens (including phenoxy) is 1. The number of carbonyl (C=O) groups is 3. The Hall–Kier alpha value is -1.23. The Morgan fingerprint density at radius 3 is 2.13 bits per heavy atom. The summed E-state index contributed by atoms with van der Waals surface area (Å²) >= 11 is 0. The van der Waals surface area contributed by atoms with Crippen molar-refractivity contribution in [3.8, 4) is 0 Å². The normalized spacial score (nSPS) is 31.7. The maximum atomic E-state index is 11.5. The summed E-state index contributed by atoms with van der Waals surface area (Å²) in [5.74, 6) is -2.71. The van der Waals surface area contributed by atoms with E-state index in [-0.39, 0.29) is 30.5 Å². The minimum atomic E-state index is -1.08. The number of carboxylic acid groups (broad SMARTS) is 1. The van der Waals surface area contributed by atoms with Crippen LogP contribution in [-0.2, 0) is 19.1 Å². The molecule has 0 aromatic heterocycles. The summed E-state index contributed by atoms with van der Waals surface area (Å²) in [5.41, 5.74) is 0. The molecule has 0 bridgehead atoms. The lowest BCUT2D eigenvalue weighted by atomic mass is 9.85. The van der Waals surface area contributed by atoms with Gasteiger partial charge in [0.15, 0.2) is 17.7 Å². The van der Waals surface area contributed by atoms with Crippen LogP contribution < -0.4 is 0 Å². The zero-order valence-corrected chi connectivity index (χ0v) is 8.14. The number of Topliss-reactive ketones (excluding diaryl/α,β-unsaturated/α-hetero) is 2.